The van der Waals surface area contributed by atoms with Gasteiger partial charge >= 0.3 is 0 Å². The van der Waals surface area contributed by atoms with Crippen LogP contribution in [0.2, 0.25) is 0 Å². The fraction of sp³-hybridized carbons (Fsp3) is 0.200. The molecule has 0 spiro atoms. The fourth-order valence-corrected chi connectivity index (χ4v) is 6.02. The van der Waals surface area contributed by atoms with Gasteiger partial charge in [-0.3, -0.25) is 0 Å². The number of benzene rings is 3. The van der Waals surface area contributed by atoms with Gasteiger partial charge in [0.25, 0.3) is 0 Å². The predicted octanol–water partition coefficient (Wildman–Crippen LogP) is 8.05. The van der Waals surface area contributed by atoms with Crippen LogP contribution < -0.4 is 0 Å². The standard InChI is InChI=1S/C30H27N/c1-20-19-25-24(29(20)30(2,3)21-11-4-5-12-21)15-10-18-28(25)31-26-16-8-6-13-22(26)23-14-7-9-17-27(23)31/h4-19,21,29H,1-3H3. The van der Waals surface area contributed by atoms with E-state index in [0.29, 0.717) is 11.8 Å². The molecule has 1 atom stereocenters. The summed E-state index contributed by atoms with van der Waals surface area (Å²) in [6.45, 7) is 7.15. The Labute approximate surface area is 184 Å². The van der Waals surface area contributed by atoms with Gasteiger partial charge in [0.1, 0.15) is 0 Å². The van der Waals surface area contributed by atoms with Crippen LogP contribution in [0, 0.1) is 11.3 Å². The van der Waals surface area contributed by atoms with E-state index in [2.05, 4.69) is 122 Å². The molecular formula is C30H27N. The molecule has 2 aliphatic rings. The molecule has 0 amide bonds. The molecule has 152 valence electrons. The highest BCUT2D eigenvalue weighted by atomic mass is 15.0. The van der Waals surface area contributed by atoms with Crippen molar-refractivity contribution >= 4 is 27.9 Å². The topological polar surface area (TPSA) is 4.93 Å². The Morgan fingerprint density at radius 3 is 2.00 bits per heavy atom. The van der Waals surface area contributed by atoms with E-state index in [1.165, 1.54) is 44.2 Å². The minimum Gasteiger partial charge on any atom is -0.309 e. The molecule has 3 aromatic carbocycles. The zero-order valence-corrected chi connectivity index (χ0v) is 18.3. The van der Waals surface area contributed by atoms with Crippen LogP contribution in [0.5, 0.6) is 0 Å². The molecule has 0 saturated carbocycles. The van der Waals surface area contributed by atoms with Crippen LogP contribution in [0.3, 0.4) is 0 Å². The lowest BCUT2D eigenvalue weighted by Crippen LogP contribution is -2.28. The minimum absolute atomic E-state index is 0.120. The van der Waals surface area contributed by atoms with Crippen LogP contribution in [-0.2, 0) is 0 Å². The van der Waals surface area contributed by atoms with Crippen molar-refractivity contribution in [3.05, 3.63) is 108 Å². The summed E-state index contributed by atoms with van der Waals surface area (Å²) in [5, 5.41) is 2.63. The van der Waals surface area contributed by atoms with Crippen LogP contribution in [0.15, 0.2) is 96.6 Å². The first-order valence-electron chi connectivity index (χ1n) is 11.2. The molecule has 6 rings (SSSR count). The van der Waals surface area contributed by atoms with E-state index in [-0.39, 0.29) is 5.41 Å². The highest BCUT2D eigenvalue weighted by Gasteiger charge is 2.41. The monoisotopic (exact) mass is 401 g/mol. The lowest BCUT2D eigenvalue weighted by molar-refractivity contribution is 0.264. The lowest BCUT2D eigenvalue weighted by atomic mass is 9.66. The van der Waals surface area contributed by atoms with Crippen LogP contribution >= 0.6 is 0 Å². The molecule has 1 heterocycles. The van der Waals surface area contributed by atoms with Crippen molar-refractivity contribution in [2.75, 3.05) is 0 Å². The molecule has 0 fully saturated rings. The van der Waals surface area contributed by atoms with Gasteiger partial charge in [0.15, 0.2) is 0 Å². The zero-order valence-electron chi connectivity index (χ0n) is 18.3. The van der Waals surface area contributed by atoms with Crippen molar-refractivity contribution in [1.29, 1.82) is 0 Å². The van der Waals surface area contributed by atoms with E-state index in [9.17, 15) is 0 Å². The van der Waals surface area contributed by atoms with Gasteiger partial charge < -0.3 is 4.57 Å². The van der Waals surface area contributed by atoms with E-state index in [1.807, 2.05) is 0 Å². The molecule has 1 aromatic heterocycles. The van der Waals surface area contributed by atoms with Gasteiger partial charge in [0.05, 0.1) is 16.7 Å². The molecule has 1 heteroatoms. The Bertz CT molecular complexity index is 1360. The summed E-state index contributed by atoms with van der Waals surface area (Å²) >= 11 is 0. The molecule has 2 aliphatic carbocycles. The highest BCUT2D eigenvalue weighted by Crippen LogP contribution is 2.53. The molecule has 0 aliphatic heterocycles. The molecule has 1 nitrogen and oxygen atoms in total. The van der Waals surface area contributed by atoms with Crippen molar-refractivity contribution in [1.82, 2.24) is 4.57 Å². The van der Waals surface area contributed by atoms with Crippen LogP contribution in [-0.4, -0.2) is 4.57 Å². The molecule has 0 radical (unpaired) electrons. The van der Waals surface area contributed by atoms with Crippen LogP contribution in [0.1, 0.15) is 37.8 Å². The van der Waals surface area contributed by atoms with Gasteiger partial charge in [0, 0.05) is 28.2 Å². The number of rotatable bonds is 3. The lowest BCUT2D eigenvalue weighted by Gasteiger charge is -2.38. The van der Waals surface area contributed by atoms with Crippen molar-refractivity contribution in [3.63, 3.8) is 0 Å². The second-order valence-corrected chi connectivity index (χ2v) is 9.59. The number of para-hydroxylation sites is 2. The first kappa shape index (κ1) is 18.4. The van der Waals surface area contributed by atoms with Crippen LogP contribution in [0.25, 0.3) is 33.6 Å². The fourth-order valence-electron chi connectivity index (χ4n) is 6.02. The normalized spacial score (nSPS) is 18.3. The van der Waals surface area contributed by atoms with Gasteiger partial charge in [-0.1, -0.05) is 98.3 Å². The Morgan fingerprint density at radius 2 is 1.35 bits per heavy atom. The largest absolute Gasteiger partial charge is 0.309 e. The third-order valence-corrected chi connectivity index (χ3v) is 7.43. The first-order valence-corrected chi connectivity index (χ1v) is 11.2. The quantitative estimate of drug-likeness (QED) is 0.327. The van der Waals surface area contributed by atoms with E-state index in [4.69, 9.17) is 0 Å². The summed E-state index contributed by atoms with van der Waals surface area (Å²) in [6, 6.07) is 24.4. The summed E-state index contributed by atoms with van der Waals surface area (Å²) in [7, 11) is 0. The maximum absolute atomic E-state index is 2.46. The van der Waals surface area contributed by atoms with E-state index >= 15 is 0 Å². The molecule has 0 saturated heterocycles. The van der Waals surface area contributed by atoms with Gasteiger partial charge in [-0.25, -0.2) is 0 Å². The van der Waals surface area contributed by atoms with Gasteiger partial charge in [-0.2, -0.15) is 0 Å². The second-order valence-electron chi connectivity index (χ2n) is 9.59. The molecule has 0 N–H and O–H groups in total. The number of hydrogen-bond donors (Lipinski definition) is 0. The Morgan fingerprint density at radius 1 is 0.742 bits per heavy atom. The third kappa shape index (κ3) is 2.56. The Hall–Kier alpha value is -3.32. The average Bonchev–Trinajstić information content (AvgIpc) is 3.49. The first-order chi connectivity index (χ1) is 15.1. The Kier molecular flexibility index (Phi) is 3.92. The van der Waals surface area contributed by atoms with Gasteiger partial charge in [-0.15, -0.1) is 0 Å². The SMILES string of the molecule is CC1=Cc2c(cccc2-n2c3ccccc3c3ccccc32)C1C(C)(C)C1C=CC=C1. The summed E-state index contributed by atoms with van der Waals surface area (Å²) in [6.07, 6.45) is 11.5. The third-order valence-electron chi connectivity index (χ3n) is 7.43. The van der Waals surface area contributed by atoms with E-state index in [1.54, 1.807) is 0 Å². The minimum atomic E-state index is 0.120. The maximum atomic E-state index is 2.46. The highest BCUT2D eigenvalue weighted by molar-refractivity contribution is 6.09. The summed E-state index contributed by atoms with van der Waals surface area (Å²) in [5.74, 6) is 0.872. The van der Waals surface area contributed by atoms with E-state index < -0.39 is 0 Å². The van der Waals surface area contributed by atoms with Crippen molar-refractivity contribution in [2.24, 2.45) is 11.3 Å². The molecular weight excluding hydrogens is 374 g/mol. The second kappa shape index (κ2) is 6.59. The van der Waals surface area contributed by atoms with Crippen molar-refractivity contribution in [3.8, 4) is 5.69 Å². The van der Waals surface area contributed by atoms with Crippen molar-refractivity contribution < 1.29 is 0 Å². The summed E-state index contributed by atoms with van der Waals surface area (Å²) < 4.78 is 2.46. The smallest absolute Gasteiger partial charge is 0.0541 e. The number of aromatic nitrogens is 1. The summed E-state index contributed by atoms with van der Waals surface area (Å²) in [4.78, 5) is 0. The number of nitrogens with zero attached hydrogens (tertiary/aromatic N) is 1. The zero-order chi connectivity index (χ0) is 21.2. The molecule has 0 bridgehead atoms. The summed E-state index contributed by atoms with van der Waals surface area (Å²) in [5.41, 5.74) is 8.23. The number of fused-ring (bicyclic) bond motifs is 4. The average molecular weight is 402 g/mol. The maximum Gasteiger partial charge on any atom is 0.0541 e. The number of hydrogen-bond acceptors (Lipinski definition) is 0. The van der Waals surface area contributed by atoms with Gasteiger partial charge in [0.2, 0.25) is 0 Å². The number of allylic oxidation sites excluding steroid dienone is 5. The Balaban J connectivity index is 1.61. The van der Waals surface area contributed by atoms with E-state index in [0.717, 1.165) is 0 Å². The predicted molar refractivity (Wildman–Crippen MR) is 133 cm³/mol. The van der Waals surface area contributed by atoms with Crippen LogP contribution in [0.4, 0.5) is 0 Å². The van der Waals surface area contributed by atoms with Gasteiger partial charge in [-0.05, 0) is 36.1 Å². The van der Waals surface area contributed by atoms with Crippen molar-refractivity contribution in [2.45, 2.75) is 26.7 Å². The molecule has 4 aromatic rings. The molecule has 1 unspecified atom stereocenters. The molecule has 31 heavy (non-hydrogen) atoms.